The number of thiazole rings is 1. The number of allylic oxidation sites excluding steroid dienone is 3. The summed E-state index contributed by atoms with van der Waals surface area (Å²) in [6.07, 6.45) is 8.27. The molecule has 3 rings (SSSR count). The van der Waals surface area contributed by atoms with Gasteiger partial charge in [-0.25, -0.2) is 9.97 Å². The van der Waals surface area contributed by atoms with E-state index >= 15 is 0 Å². The second-order valence-corrected chi connectivity index (χ2v) is 6.10. The van der Waals surface area contributed by atoms with Gasteiger partial charge in [0.25, 0.3) is 0 Å². The van der Waals surface area contributed by atoms with E-state index < -0.39 is 0 Å². The number of nitrogens with one attached hydrogen (secondary N) is 1. The van der Waals surface area contributed by atoms with E-state index in [0.717, 1.165) is 34.9 Å². The van der Waals surface area contributed by atoms with Gasteiger partial charge in [-0.2, -0.15) is 0 Å². The van der Waals surface area contributed by atoms with Gasteiger partial charge in [-0.3, -0.25) is 0 Å². The third-order valence-corrected chi connectivity index (χ3v) is 4.17. The zero-order valence-corrected chi connectivity index (χ0v) is 13.7. The van der Waals surface area contributed by atoms with Gasteiger partial charge in [0, 0.05) is 22.8 Å². The smallest absolute Gasteiger partial charge is 0.187 e. The maximum absolute atomic E-state index is 8.76. The monoisotopic (exact) mass is 323 g/mol. The topological polar surface area (TPSA) is 58.0 Å². The van der Waals surface area contributed by atoms with Gasteiger partial charge in [-0.1, -0.05) is 17.6 Å². The molecular formula is C18H17N3OS. The predicted molar refractivity (Wildman–Crippen MR) is 94.0 cm³/mol. The molecule has 116 valence electrons. The van der Waals surface area contributed by atoms with Crippen molar-refractivity contribution in [3.63, 3.8) is 0 Å². The summed E-state index contributed by atoms with van der Waals surface area (Å²) in [7, 11) is 0. The van der Waals surface area contributed by atoms with E-state index in [-0.39, 0.29) is 6.61 Å². The van der Waals surface area contributed by atoms with Crippen molar-refractivity contribution in [2.75, 3.05) is 11.9 Å². The Morgan fingerprint density at radius 1 is 1.43 bits per heavy atom. The molecule has 2 N–H and O–H groups in total. The fraction of sp³-hybridized carbons (Fsp3) is 0.222. The van der Waals surface area contributed by atoms with Crippen LogP contribution in [-0.2, 0) is 0 Å². The molecule has 0 saturated heterocycles. The molecule has 2 aromatic rings. The first-order chi connectivity index (χ1) is 11.2. The zero-order valence-electron chi connectivity index (χ0n) is 12.8. The first kappa shape index (κ1) is 15.5. The summed E-state index contributed by atoms with van der Waals surface area (Å²) in [5.74, 6) is 5.42. The summed E-state index contributed by atoms with van der Waals surface area (Å²) in [5, 5.41) is 15.0. The largest absolute Gasteiger partial charge is 0.384 e. The maximum atomic E-state index is 8.76. The van der Waals surface area contributed by atoms with Crippen LogP contribution in [0.25, 0.3) is 11.3 Å². The van der Waals surface area contributed by atoms with Crippen molar-refractivity contribution in [2.24, 2.45) is 0 Å². The second-order valence-electron chi connectivity index (χ2n) is 5.24. The number of hydrogen-bond donors (Lipinski definition) is 2. The number of nitrogens with zero attached hydrogens (tertiary/aromatic N) is 2. The van der Waals surface area contributed by atoms with Crippen LogP contribution in [0.2, 0.25) is 0 Å². The highest BCUT2D eigenvalue weighted by molar-refractivity contribution is 7.14. The van der Waals surface area contributed by atoms with Gasteiger partial charge in [0.2, 0.25) is 0 Å². The third-order valence-electron chi connectivity index (χ3n) is 3.41. The highest BCUT2D eigenvalue weighted by Gasteiger charge is 2.08. The summed E-state index contributed by atoms with van der Waals surface area (Å²) in [5.41, 5.74) is 4.99. The highest BCUT2D eigenvalue weighted by atomic mass is 32.1. The first-order valence-corrected chi connectivity index (χ1v) is 8.28. The lowest BCUT2D eigenvalue weighted by atomic mass is 10.1. The molecular weight excluding hydrogens is 306 g/mol. The Morgan fingerprint density at radius 3 is 3.17 bits per heavy atom. The average Bonchev–Trinajstić information content (AvgIpc) is 3.02. The quantitative estimate of drug-likeness (QED) is 0.848. The van der Waals surface area contributed by atoms with Crippen LogP contribution >= 0.6 is 11.3 Å². The Bertz CT molecular complexity index is 824. The number of hydrogen-bond acceptors (Lipinski definition) is 5. The van der Waals surface area contributed by atoms with Gasteiger partial charge in [-0.05, 0) is 43.9 Å². The fourth-order valence-electron chi connectivity index (χ4n) is 2.31. The minimum Gasteiger partial charge on any atom is -0.384 e. The van der Waals surface area contributed by atoms with Crippen molar-refractivity contribution in [1.29, 1.82) is 0 Å². The van der Waals surface area contributed by atoms with Crippen molar-refractivity contribution in [3.8, 4) is 23.1 Å². The normalized spacial score (nSPS) is 13.7. The minimum absolute atomic E-state index is 0.168. The van der Waals surface area contributed by atoms with Crippen molar-refractivity contribution in [2.45, 2.75) is 19.8 Å². The molecule has 0 aromatic carbocycles. The van der Waals surface area contributed by atoms with E-state index in [9.17, 15) is 0 Å². The lowest BCUT2D eigenvalue weighted by molar-refractivity contribution is 0.350. The Balaban J connectivity index is 1.78. The van der Waals surface area contributed by atoms with Crippen molar-refractivity contribution in [1.82, 2.24) is 9.97 Å². The van der Waals surface area contributed by atoms with Crippen LogP contribution in [0.15, 0.2) is 47.1 Å². The third kappa shape index (κ3) is 4.07. The lowest BCUT2D eigenvalue weighted by Crippen LogP contribution is -2.00. The van der Waals surface area contributed by atoms with Crippen molar-refractivity contribution >= 4 is 16.5 Å². The summed E-state index contributed by atoms with van der Waals surface area (Å²) >= 11 is 1.57. The van der Waals surface area contributed by atoms with Crippen LogP contribution in [-0.4, -0.2) is 21.7 Å². The molecule has 0 bridgehead atoms. The van der Waals surface area contributed by atoms with Gasteiger partial charge in [-0.15, -0.1) is 11.3 Å². The molecule has 0 saturated carbocycles. The Kier molecular flexibility index (Phi) is 4.86. The molecule has 0 amide bonds. The minimum atomic E-state index is -0.168. The zero-order chi connectivity index (χ0) is 16.1. The van der Waals surface area contributed by atoms with E-state index in [1.807, 2.05) is 17.5 Å². The molecule has 0 atom stereocenters. The van der Waals surface area contributed by atoms with Gasteiger partial charge in [0.1, 0.15) is 12.3 Å². The van der Waals surface area contributed by atoms with Crippen LogP contribution in [0.1, 0.15) is 25.5 Å². The summed E-state index contributed by atoms with van der Waals surface area (Å²) in [4.78, 5) is 8.80. The van der Waals surface area contributed by atoms with E-state index in [1.54, 1.807) is 17.5 Å². The lowest BCUT2D eigenvalue weighted by Gasteiger charge is -2.10. The number of anilines is 1. The van der Waals surface area contributed by atoms with Gasteiger partial charge >= 0.3 is 0 Å². The Labute approximate surface area is 139 Å². The fourth-order valence-corrected chi connectivity index (χ4v) is 3.05. The van der Waals surface area contributed by atoms with Gasteiger partial charge < -0.3 is 10.4 Å². The van der Waals surface area contributed by atoms with Crippen molar-refractivity contribution in [3.05, 3.63) is 52.8 Å². The molecule has 0 radical (unpaired) electrons. The molecule has 0 aliphatic heterocycles. The predicted octanol–water partition coefficient (Wildman–Crippen LogP) is 3.58. The second kappa shape index (κ2) is 7.23. The molecule has 0 spiro atoms. The SMILES string of the molecule is CC1=CC(Nc2nc(-c3ccnc(C#CCO)c3)cs2)=CCC1. The van der Waals surface area contributed by atoms with Gasteiger partial charge in [0.05, 0.1) is 5.69 Å². The van der Waals surface area contributed by atoms with E-state index in [0.29, 0.717) is 5.69 Å². The number of aromatic nitrogens is 2. The van der Waals surface area contributed by atoms with Crippen LogP contribution in [0, 0.1) is 11.8 Å². The molecule has 1 aliphatic carbocycles. The highest BCUT2D eigenvalue weighted by Crippen LogP contribution is 2.27. The molecule has 4 nitrogen and oxygen atoms in total. The summed E-state index contributed by atoms with van der Waals surface area (Å²) in [6.45, 7) is 1.98. The number of aliphatic hydroxyl groups is 1. The molecule has 1 aliphatic rings. The molecule has 2 aromatic heterocycles. The van der Waals surface area contributed by atoms with Crippen molar-refractivity contribution < 1.29 is 5.11 Å². The van der Waals surface area contributed by atoms with E-state index in [2.05, 4.69) is 46.2 Å². The van der Waals surface area contributed by atoms with Crippen LogP contribution < -0.4 is 5.32 Å². The summed E-state index contributed by atoms with van der Waals surface area (Å²) in [6, 6.07) is 3.79. The first-order valence-electron chi connectivity index (χ1n) is 7.40. The van der Waals surface area contributed by atoms with Crippen LogP contribution in [0.4, 0.5) is 5.13 Å². The standard InChI is InChI=1S/C18H17N3OS/c1-13-4-2-5-16(10-13)20-18-21-17(12-23-18)14-7-8-19-15(11-14)6-3-9-22/h5,7-8,10-12,22H,2,4,9H2,1H3,(H,20,21). The molecule has 0 fully saturated rings. The molecule has 0 unspecified atom stereocenters. The average molecular weight is 323 g/mol. The summed E-state index contributed by atoms with van der Waals surface area (Å²) < 4.78 is 0. The molecule has 5 heteroatoms. The number of rotatable bonds is 3. The van der Waals surface area contributed by atoms with E-state index in [4.69, 9.17) is 5.11 Å². The van der Waals surface area contributed by atoms with Crippen LogP contribution in [0.3, 0.4) is 0 Å². The number of aliphatic hydroxyl groups excluding tert-OH is 1. The Morgan fingerprint density at radius 2 is 2.35 bits per heavy atom. The maximum Gasteiger partial charge on any atom is 0.187 e. The molecule has 2 heterocycles. The van der Waals surface area contributed by atoms with Gasteiger partial charge in [0.15, 0.2) is 5.13 Å². The Hall–Kier alpha value is -2.42. The van der Waals surface area contributed by atoms with E-state index in [1.165, 1.54) is 5.57 Å². The number of pyridine rings is 1. The van der Waals surface area contributed by atoms with Crippen LogP contribution in [0.5, 0.6) is 0 Å². The molecule has 23 heavy (non-hydrogen) atoms.